The van der Waals surface area contributed by atoms with E-state index in [0.717, 1.165) is 60.6 Å². The number of hydrogen-bond acceptors (Lipinski definition) is 4. The van der Waals surface area contributed by atoms with Crippen molar-refractivity contribution in [3.63, 3.8) is 0 Å². The Morgan fingerprint density at radius 2 is 1.96 bits per heavy atom. The molecule has 0 radical (unpaired) electrons. The summed E-state index contributed by atoms with van der Waals surface area (Å²) in [7, 11) is 3.63. The molecule has 0 spiro atoms. The Labute approximate surface area is 156 Å². The molecule has 5 nitrogen and oxygen atoms in total. The van der Waals surface area contributed by atoms with Crippen molar-refractivity contribution in [3.05, 3.63) is 46.3 Å². The number of hydrogen-bond donors (Lipinski definition) is 0. The summed E-state index contributed by atoms with van der Waals surface area (Å²) in [4.78, 5) is 15.5. The molecular weight excluding hydrogens is 326 g/mol. The number of aryl methyl sites for hydroxylation is 4. The standard InChI is InChI=1S/C21H29N3O2/c1-14-9-18(10-15(2)21(14)26-5)20(25)17-7-6-8-24(12-17)13-19-11-23(4)22-16(19)3/h9-11,17H,6-8,12-13H2,1-5H3/t17-/m1/s1. The van der Waals surface area contributed by atoms with E-state index in [1.807, 2.05) is 44.6 Å². The minimum Gasteiger partial charge on any atom is -0.496 e. The minimum absolute atomic E-state index is 0.0629. The Kier molecular flexibility index (Phi) is 5.47. The van der Waals surface area contributed by atoms with Crippen LogP contribution in [0.3, 0.4) is 0 Å². The van der Waals surface area contributed by atoms with Crippen LogP contribution in [0.2, 0.25) is 0 Å². The molecule has 1 aromatic carbocycles. The van der Waals surface area contributed by atoms with Crippen molar-refractivity contribution in [1.82, 2.24) is 14.7 Å². The minimum atomic E-state index is 0.0629. The highest BCUT2D eigenvalue weighted by molar-refractivity contribution is 5.98. The zero-order chi connectivity index (χ0) is 18.8. The molecular formula is C21H29N3O2. The molecule has 1 atom stereocenters. The average molecular weight is 355 g/mol. The molecule has 0 bridgehead atoms. The zero-order valence-electron chi connectivity index (χ0n) is 16.5. The second kappa shape index (κ2) is 7.62. The summed E-state index contributed by atoms with van der Waals surface area (Å²) in [5.41, 5.74) is 5.17. The van der Waals surface area contributed by atoms with Gasteiger partial charge in [-0.3, -0.25) is 14.4 Å². The zero-order valence-corrected chi connectivity index (χ0v) is 16.5. The first kappa shape index (κ1) is 18.6. The number of ether oxygens (including phenoxy) is 1. The van der Waals surface area contributed by atoms with Crippen LogP contribution < -0.4 is 4.74 Å². The van der Waals surface area contributed by atoms with Gasteiger partial charge in [0, 0.05) is 43.4 Å². The number of methoxy groups -OCH3 is 1. The van der Waals surface area contributed by atoms with E-state index in [0.29, 0.717) is 0 Å². The first-order valence-corrected chi connectivity index (χ1v) is 9.30. The molecule has 1 fully saturated rings. The number of ketones is 1. The maximum absolute atomic E-state index is 13.1. The fraction of sp³-hybridized carbons (Fsp3) is 0.524. The van der Waals surface area contributed by atoms with Gasteiger partial charge in [-0.25, -0.2) is 0 Å². The van der Waals surface area contributed by atoms with Gasteiger partial charge in [-0.15, -0.1) is 0 Å². The molecule has 3 rings (SSSR count). The Morgan fingerprint density at radius 3 is 2.54 bits per heavy atom. The molecule has 5 heteroatoms. The molecule has 2 heterocycles. The summed E-state index contributed by atoms with van der Waals surface area (Å²) in [6, 6.07) is 3.94. The van der Waals surface area contributed by atoms with E-state index in [9.17, 15) is 4.79 Å². The van der Waals surface area contributed by atoms with Crippen LogP contribution in [0.5, 0.6) is 5.75 Å². The van der Waals surface area contributed by atoms with Gasteiger partial charge in [-0.05, 0) is 63.4 Å². The van der Waals surface area contributed by atoms with Crippen molar-refractivity contribution in [1.29, 1.82) is 0 Å². The Hall–Kier alpha value is -2.14. The Balaban J connectivity index is 1.73. The average Bonchev–Trinajstić information content (AvgIpc) is 2.91. The second-order valence-electron chi connectivity index (χ2n) is 7.50. The van der Waals surface area contributed by atoms with E-state index in [4.69, 9.17) is 4.74 Å². The number of piperidine rings is 1. The molecule has 0 amide bonds. The lowest BCUT2D eigenvalue weighted by molar-refractivity contribution is 0.0811. The SMILES string of the molecule is COc1c(C)cc(C(=O)[C@@H]2CCCN(Cc3cn(C)nc3C)C2)cc1C. The maximum atomic E-state index is 13.1. The van der Waals surface area contributed by atoms with E-state index < -0.39 is 0 Å². The number of benzene rings is 1. The van der Waals surface area contributed by atoms with Gasteiger partial charge >= 0.3 is 0 Å². The van der Waals surface area contributed by atoms with Gasteiger partial charge in [-0.2, -0.15) is 5.10 Å². The molecule has 1 aliphatic heterocycles. The number of Topliss-reactive ketones (excluding diaryl/α,β-unsaturated/α-hetero) is 1. The molecule has 0 aliphatic carbocycles. The van der Waals surface area contributed by atoms with Crippen LogP contribution in [0, 0.1) is 26.7 Å². The van der Waals surface area contributed by atoms with Crippen LogP contribution in [0.25, 0.3) is 0 Å². The van der Waals surface area contributed by atoms with Crippen molar-refractivity contribution in [2.45, 2.75) is 40.2 Å². The predicted octanol–water partition coefficient (Wildman–Crippen LogP) is 3.45. The molecule has 2 aromatic rings. The lowest BCUT2D eigenvalue weighted by Gasteiger charge is -2.32. The summed E-state index contributed by atoms with van der Waals surface area (Å²) >= 11 is 0. The highest BCUT2D eigenvalue weighted by Crippen LogP contribution is 2.28. The molecule has 140 valence electrons. The third-order valence-corrected chi connectivity index (χ3v) is 5.33. The number of likely N-dealkylation sites (tertiary alicyclic amines) is 1. The van der Waals surface area contributed by atoms with Gasteiger partial charge < -0.3 is 4.74 Å². The van der Waals surface area contributed by atoms with Crippen LogP contribution in [-0.4, -0.2) is 40.7 Å². The van der Waals surface area contributed by atoms with Crippen molar-refractivity contribution >= 4 is 5.78 Å². The van der Waals surface area contributed by atoms with Crippen LogP contribution in [-0.2, 0) is 13.6 Å². The highest BCUT2D eigenvalue weighted by Gasteiger charge is 2.27. The summed E-state index contributed by atoms with van der Waals surface area (Å²) in [6.07, 6.45) is 4.10. The van der Waals surface area contributed by atoms with E-state index in [1.54, 1.807) is 7.11 Å². The van der Waals surface area contributed by atoms with E-state index >= 15 is 0 Å². The molecule has 0 N–H and O–H groups in total. The Morgan fingerprint density at radius 1 is 1.27 bits per heavy atom. The number of carbonyl (C=O) groups is 1. The third kappa shape index (κ3) is 3.83. The number of nitrogens with zero attached hydrogens (tertiary/aromatic N) is 3. The molecule has 0 saturated carbocycles. The fourth-order valence-corrected chi connectivity index (χ4v) is 4.11. The smallest absolute Gasteiger partial charge is 0.167 e. The number of rotatable bonds is 5. The monoisotopic (exact) mass is 355 g/mol. The molecule has 0 unspecified atom stereocenters. The van der Waals surface area contributed by atoms with Crippen LogP contribution in [0.15, 0.2) is 18.3 Å². The van der Waals surface area contributed by atoms with Crippen molar-refractivity contribution in [3.8, 4) is 5.75 Å². The van der Waals surface area contributed by atoms with E-state index in [1.165, 1.54) is 5.56 Å². The second-order valence-corrected chi connectivity index (χ2v) is 7.50. The van der Waals surface area contributed by atoms with Gasteiger partial charge in [0.05, 0.1) is 12.8 Å². The lowest BCUT2D eigenvalue weighted by Crippen LogP contribution is -2.38. The van der Waals surface area contributed by atoms with E-state index in [2.05, 4.69) is 16.2 Å². The first-order chi connectivity index (χ1) is 12.4. The number of carbonyl (C=O) groups excluding carboxylic acids is 1. The summed E-state index contributed by atoms with van der Waals surface area (Å²) in [5.74, 6) is 1.19. The molecule has 1 aromatic heterocycles. The number of aromatic nitrogens is 2. The van der Waals surface area contributed by atoms with Gasteiger partial charge in [0.2, 0.25) is 0 Å². The summed E-state index contributed by atoms with van der Waals surface area (Å²) in [6.45, 7) is 8.77. The maximum Gasteiger partial charge on any atom is 0.167 e. The summed E-state index contributed by atoms with van der Waals surface area (Å²) < 4.78 is 7.29. The van der Waals surface area contributed by atoms with E-state index in [-0.39, 0.29) is 11.7 Å². The lowest BCUT2D eigenvalue weighted by atomic mass is 9.88. The van der Waals surface area contributed by atoms with Crippen LogP contribution in [0.4, 0.5) is 0 Å². The third-order valence-electron chi connectivity index (χ3n) is 5.33. The van der Waals surface area contributed by atoms with Crippen molar-refractivity contribution in [2.24, 2.45) is 13.0 Å². The normalized spacial score (nSPS) is 18.1. The van der Waals surface area contributed by atoms with Crippen molar-refractivity contribution in [2.75, 3.05) is 20.2 Å². The largest absolute Gasteiger partial charge is 0.496 e. The van der Waals surface area contributed by atoms with Crippen LogP contribution >= 0.6 is 0 Å². The predicted molar refractivity (Wildman–Crippen MR) is 103 cm³/mol. The molecule has 1 saturated heterocycles. The van der Waals surface area contributed by atoms with Gasteiger partial charge in [0.25, 0.3) is 0 Å². The first-order valence-electron chi connectivity index (χ1n) is 9.30. The van der Waals surface area contributed by atoms with Gasteiger partial charge in [0.15, 0.2) is 5.78 Å². The van der Waals surface area contributed by atoms with Crippen molar-refractivity contribution < 1.29 is 9.53 Å². The fourth-order valence-electron chi connectivity index (χ4n) is 4.11. The highest BCUT2D eigenvalue weighted by atomic mass is 16.5. The quantitative estimate of drug-likeness (QED) is 0.771. The topological polar surface area (TPSA) is 47.4 Å². The van der Waals surface area contributed by atoms with Gasteiger partial charge in [0.1, 0.15) is 5.75 Å². The summed E-state index contributed by atoms with van der Waals surface area (Å²) in [5, 5.41) is 4.43. The van der Waals surface area contributed by atoms with Crippen LogP contribution in [0.1, 0.15) is 45.6 Å². The van der Waals surface area contributed by atoms with Gasteiger partial charge in [-0.1, -0.05) is 0 Å². The molecule has 26 heavy (non-hydrogen) atoms. The molecule has 1 aliphatic rings. The Bertz CT molecular complexity index is 787.